The van der Waals surface area contributed by atoms with Gasteiger partial charge >= 0.3 is 5.97 Å². The van der Waals surface area contributed by atoms with Crippen LogP contribution in [0.4, 0.5) is 0 Å². The Morgan fingerprint density at radius 3 is 2.29 bits per heavy atom. The van der Waals surface area contributed by atoms with E-state index in [-0.39, 0.29) is 5.88 Å². The van der Waals surface area contributed by atoms with Gasteiger partial charge in [-0.05, 0) is 54.8 Å². The number of benzene rings is 3. The molecule has 1 atom stereocenters. The van der Waals surface area contributed by atoms with Crippen LogP contribution in [-0.2, 0) is 0 Å². The number of hydrogen-bond donors (Lipinski definition) is 1. The van der Waals surface area contributed by atoms with Gasteiger partial charge in [-0.2, -0.15) is 5.26 Å². The van der Waals surface area contributed by atoms with E-state index in [0.29, 0.717) is 41.6 Å². The van der Waals surface area contributed by atoms with Crippen LogP contribution >= 0.6 is 0 Å². The van der Waals surface area contributed by atoms with E-state index in [0.717, 1.165) is 42.6 Å². The zero-order chi connectivity index (χ0) is 26.9. The van der Waals surface area contributed by atoms with Crippen molar-refractivity contribution in [1.29, 1.82) is 5.26 Å². The summed E-state index contributed by atoms with van der Waals surface area (Å²) in [5, 5.41) is 9.83. The van der Waals surface area contributed by atoms with Crippen molar-refractivity contribution in [2.45, 2.75) is 45.4 Å². The molecule has 0 radical (unpaired) electrons. The Labute approximate surface area is 223 Å². The molecule has 0 aliphatic carbocycles. The van der Waals surface area contributed by atoms with Crippen molar-refractivity contribution < 1.29 is 23.7 Å². The summed E-state index contributed by atoms with van der Waals surface area (Å²) in [5.41, 5.74) is 8.47. The number of nitrogens with zero attached hydrogens (tertiary/aromatic N) is 1. The lowest BCUT2D eigenvalue weighted by atomic mass is 9.83. The normalized spacial score (nSPS) is 14.2. The summed E-state index contributed by atoms with van der Waals surface area (Å²) < 4.78 is 22.9. The van der Waals surface area contributed by atoms with Crippen LogP contribution < -0.4 is 24.7 Å². The average Bonchev–Trinajstić information content (AvgIpc) is 2.93. The largest absolute Gasteiger partial charge is 0.494 e. The van der Waals surface area contributed by atoms with Gasteiger partial charge in [-0.15, -0.1) is 0 Å². The molecular weight excluding hydrogens is 480 g/mol. The first-order chi connectivity index (χ1) is 18.5. The molecule has 38 heavy (non-hydrogen) atoms. The van der Waals surface area contributed by atoms with Gasteiger partial charge in [-0.3, -0.25) is 0 Å². The topological polar surface area (TPSA) is 104 Å². The lowest BCUT2D eigenvalue weighted by molar-refractivity contribution is 0.0734. The minimum Gasteiger partial charge on any atom is -0.494 e. The van der Waals surface area contributed by atoms with E-state index >= 15 is 0 Å². The lowest BCUT2D eigenvalue weighted by Crippen LogP contribution is -2.21. The maximum atomic E-state index is 12.8. The molecule has 7 nitrogen and oxygen atoms in total. The van der Waals surface area contributed by atoms with Crippen LogP contribution in [-0.4, -0.2) is 19.2 Å². The molecule has 196 valence electrons. The van der Waals surface area contributed by atoms with Crippen molar-refractivity contribution in [2.75, 3.05) is 13.2 Å². The van der Waals surface area contributed by atoms with Crippen LogP contribution in [0.2, 0.25) is 0 Å². The molecule has 7 heteroatoms. The third-order valence-electron chi connectivity index (χ3n) is 6.22. The standard InChI is InChI=1S/C31H32N2O5/c1-3-5-16-35-23-12-10-21(11-13-23)29-26-15-14-25(19-28(26)38-30(33)27(29)20-32)37-31(34)22-8-7-9-24(18-22)36-17-6-4-2/h7-15,18-19,29H,3-6,16-17,33H2,1-2H3. The summed E-state index contributed by atoms with van der Waals surface area (Å²) in [6.07, 6.45) is 4.01. The molecule has 1 aliphatic heterocycles. The minimum absolute atomic E-state index is 0.0219. The number of unbranched alkanes of at least 4 members (excludes halogenated alkanes) is 2. The fourth-order valence-electron chi connectivity index (χ4n) is 4.15. The Bertz CT molecular complexity index is 1340. The molecule has 3 aromatic carbocycles. The first-order valence-electron chi connectivity index (χ1n) is 12.9. The van der Waals surface area contributed by atoms with Crippen molar-refractivity contribution in [1.82, 2.24) is 0 Å². The van der Waals surface area contributed by atoms with E-state index in [9.17, 15) is 10.1 Å². The first kappa shape index (κ1) is 26.6. The van der Waals surface area contributed by atoms with Crippen LogP contribution in [0.1, 0.15) is 66.9 Å². The van der Waals surface area contributed by atoms with E-state index in [4.69, 9.17) is 24.7 Å². The maximum absolute atomic E-state index is 12.8. The predicted octanol–water partition coefficient (Wildman–Crippen LogP) is 6.48. The molecule has 0 saturated carbocycles. The second-order valence-corrected chi connectivity index (χ2v) is 9.01. The summed E-state index contributed by atoms with van der Waals surface area (Å²) in [4.78, 5) is 12.8. The minimum atomic E-state index is -0.516. The van der Waals surface area contributed by atoms with Gasteiger partial charge in [0.2, 0.25) is 5.88 Å². The highest BCUT2D eigenvalue weighted by atomic mass is 16.5. The Morgan fingerprint density at radius 1 is 0.921 bits per heavy atom. The lowest BCUT2D eigenvalue weighted by Gasteiger charge is -2.26. The van der Waals surface area contributed by atoms with Gasteiger partial charge in [0, 0.05) is 11.6 Å². The Kier molecular flexibility index (Phi) is 8.89. The SMILES string of the molecule is CCCCOc1ccc(C2C(C#N)=C(N)Oc3cc(OC(=O)c4cccc(OCCCC)c4)ccc32)cc1. The van der Waals surface area contributed by atoms with E-state index in [2.05, 4.69) is 19.9 Å². The maximum Gasteiger partial charge on any atom is 0.343 e. The van der Waals surface area contributed by atoms with Gasteiger partial charge in [-0.25, -0.2) is 4.79 Å². The highest BCUT2D eigenvalue weighted by molar-refractivity contribution is 5.91. The second kappa shape index (κ2) is 12.7. The molecule has 2 N–H and O–H groups in total. The predicted molar refractivity (Wildman–Crippen MR) is 144 cm³/mol. The highest BCUT2D eigenvalue weighted by Gasteiger charge is 2.31. The van der Waals surface area contributed by atoms with Crippen LogP contribution in [0.3, 0.4) is 0 Å². The Morgan fingerprint density at radius 2 is 1.61 bits per heavy atom. The fourth-order valence-corrected chi connectivity index (χ4v) is 4.15. The summed E-state index contributed by atoms with van der Waals surface area (Å²) in [6.45, 7) is 5.45. The molecule has 0 bridgehead atoms. The van der Waals surface area contributed by atoms with E-state index in [1.54, 1.807) is 36.4 Å². The zero-order valence-corrected chi connectivity index (χ0v) is 21.7. The van der Waals surface area contributed by atoms with Crippen LogP contribution in [0.5, 0.6) is 23.0 Å². The smallest absolute Gasteiger partial charge is 0.343 e. The molecule has 1 aliphatic rings. The number of nitriles is 1. The number of allylic oxidation sites excluding steroid dienone is 1. The molecule has 0 spiro atoms. The highest BCUT2D eigenvalue weighted by Crippen LogP contribution is 2.43. The summed E-state index contributed by atoms with van der Waals surface area (Å²) in [7, 11) is 0. The molecule has 1 heterocycles. The number of carbonyl (C=O) groups is 1. The molecule has 0 saturated heterocycles. The first-order valence-corrected chi connectivity index (χ1v) is 12.9. The number of ether oxygens (including phenoxy) is 4. The average molecular weight is 513 g/mol. The van der Waals surface area contributed by atoms with Crippen molar-refractivity contribution in [3.8, 4) is 29.1 Å². The number of fused-ring (bicyclic) bond motifs is 1. The molecule has 4 rings (SSSR count). The van der Waals surface area contributed by atoms with E-state index in [1.165, 1.54) is 0 Å². The number of esters is 1. The molecule has 0 aromatic heterocycles. The van der Waals surface area contributed by atoms with Crippen molar-refractivity contribution in [3.63, 3.8) is 0 Å². The van der Waals surface area contributed by atoms with Crippen LogP contribution in [0.25, 0.3) is 0 Å². The molecule has 1 unspecified atom stereocenters. The molecule has 0 fully saturated rings. The zero-order valence-electron chi connectivity index (χ0n) is 21.7. The van der Waals surface area contributed by atoms with Crippen molar-refractivity contribution in [3.05, 3.63) is 94.9 Å². The van der Waals surface area contributed by atoms with Crippen molar-refractivity contribution in [2.24, 2.45) is 5.73 Å². The van der Waals surface area contributed by atoms with Crippen LogP contribution in [0, 0.1) is 11.3 Å². The quantitative estimate of drug-likeness (QED) is 0.178. The molecular formula is C31H32N2O5. The third kappa shape index (κ3) is 6.27. The molecule has 3 aromatic rings. The fraction of sp³-hybridized carbons (Fsp3) is 0.290. The second-order valence-electron chi connectivity index (χ2n) is 9.01. The van der Waals surface area contributed by atoms with E-state index in [1.807, 2.05) is 30.3 Å². The van der Waals surface area contributed by atoms with Gasteiger partial charge in [0.15, 0.2) is 0 Å². The molecule has 0 amide bonds. The Hall–Kier alpha value is -4.44. The summed E-state index contributed by atoms with van der Waals surface area (Å²) >= 11 is 0. The van der Waals surface area contributed by atoms with Gasteiger partial charge in [0.1, 0.15) is 34.6 Å². The Balaban J connectivity index is 1.54. The van der Waals surface area contributed by atoms with Gasteiger partial charge < -0.3 is 24.7 Å². The number of nitrogens with two attached hydrogens (primary N) is 1. The monoisotopic (exact) mass is 512 g/mol. The van der Waals surface area contributed by atoms with E-state index < -0.39 is 11.9 Å². The van der Waals surface area contributed by atoms with Gasteiger partial charge in [0.25, 0.3) is 0 Å². The summed E-state index contributed by atoms with van der Waals surface area (Å²) in [5.74, 6) is 1.21. The number of hydrogen-bond acceptors (Lipinski definition) is 7. The number of rotatable bonds is 11. The van der Waals surface area contributed by atoms with Crippen molar-refractivity contribution >= 4 is 5.97 Å². The number of carbonyl (C=O) groups excluding carboxylic acids is 1. The van der Waals surface area contributed by atoms with Crippen LogP contribution in [0.15, 0.2) is 78.2 Å². The third-order valence-corrected chi connectivity index (χ3v) is 6.22. The van der Waals surface area contributed by atoms with Gasteiger partial charge in [-0.1, -0.05) is 51.0 Å². The summed E-state index contributed by atoms with van der Waals surface area (Å²) in [6, 6.07) is 21.8. The van der Waals surface area contributed by atoms with Gasteiger partial charge in [0.05, 0.1) is 24.7 Å².